The summed E-state index contributed by atoms with van der Waals surface area (Å²) in [6.45, 7) is 2.43. The zero-order valence-electron chi connectivity index (χ0n) is 10.1. The summed E-state index contributed by atoms with van der Waals surface area (Å²) in [5, 5.41) is 11.6. The van der Waals surface area contributed by atoms with Crippen LogP contribution in [0.5, 0.6) is 0 Å². The second kappa shape index (κ2) is 5.73. The molecule has 0 atom stereocenters. The predicted molar refractivity (Wildman–Crippen MR) is 68.7 cm³/mol. The molecule has 0 saturated heterocycles. The average molecular weight is 239 g/mol. The molecule has 0 saturated carbocycles. The molecule has 0 spiro atoms. The monoisotopic (exact) mass is 239 g/mol. The Kier molecular flexibility index (Phi) is 3.82. The highest BCUT2D eigenvalue weighted by molar-refractivity contribution is 5.61. The van der Waals surface area contributed by atoms with Crippen LogP contribution in [-0.4, -0.2) is 21.5 Å². The predicted octanol–water partition coefficient (Wildman–Crippen LogP) is 2.17. The normalized spacial score (nSPS) is 9.78. The van der Waals surface area contributed by atoms with E-state index in [1.165, 1.54) is 0 Å². The summed E-state index contributed by atoms with van der Waals surface area (Å²) in [5.74, 6) is 1.42. The van der Waals surface area contributed by atoms with Gasteiger partial charge in [-0.15, -0.1) is 0 Å². The lowest BCUT2D eigenvalue weighted by molar-refractivity contribution is 1.01. The van der Waals surface area contributed by atoms with Crippen molar-refractivity contribution < 1.29 is 0 Å². The van der Waals surface area contributed by atoms with E-state index in [1.54, 1.807) is 12.4 Å². The topological polar surface area (TPSA) is 74.5 Å². The number of aromatic nitrogens is 3. The van der Waals surface area contributed by atoms with Gasteiger partial charge in [-0.3, -0.25) is 4.98 Å². The standard InChI is InChI=1S/C13H13N5/c1-10-17-12(11-4-2-6-15-9-11)8-13(18-10)16-7-3-5-14/h2,4,6,8-9H,3,7H2,1H3,(H,16,17,18). The highest BCUT2D eigenvalue weighted by atomic mass is 15.0. The number of nitriles is 1. The van der Waals surface area contributed by atoms with E-state index in [9.17, 15) is 0 Å². The molecule has 1 N–H and O–H groups in total. The Morgan fingerprint density at radius 3 is 3.00 bits per heavy atom. The van der Waals surface area contributed by atoms with Crippen molar-refractivity contribution in [2.45, 2.75) is 13.3 Å². The summed E-state index contributed by atoms with van der Waals surface area (Å²) in [6.07, 6.45) is 3.94. The summed E-state index contributed by atoms with van der Waals surface area (Å²) in [6, 6.07) is 7.77. The minimum Gasteiger partial charge on any atom is -0.369 e. The first kappa shape index (κ1) is 12.0. The van der Waals surface area contributed by atoms with E-state index in [2.05, 4.69) is 26.3 Å². The van der Waals surface area contributed by atoms with Crippen LogP contribution in [-0.2, 0) is 0 Å². The molecule has 90 valence electrons. The zero-order chi connectivity index (χ0) is 12.8. The molecule has 0 bridgehead atoms. The van der Waals surface area contributed by atoms with E-state index in [0.29, 0.717) is 18.8 Å². The molecule has 5 nitrogen and oxygen atoms in total. The Bertz CT molecular complexity index is 559. The number of nitrogens with zero attached hydrogens (tertiary/aromatic N) is 4. The van der Waals surface area contributed by atoms with Crippen molar-refractivity contribution in [3.05, 3.63) is 36.4 Å². The van der Waals surface area contributed by atoms with Gasteiger partial charge in [0.05, 0.1) is 18.2 Å². The number of rotatable bonds is 4. The molecular formula is C13H13N5. The van der Waals surface area contributed by atoms with Crippen LogP contribution in [0.4, 0.5) is 5.82 Å². The molecule has 0 aromatic carbocycles. The third-order valence-electron chi connectivity index (χ3n) is 2.34. The second-order valence-electron chi connectivity index (χ2n) is 3.76. The summed E-state index contributed by atoms with van der Waals surface area (Å²) < 4.78 is 0. The SMILES string of the molecule is Cc1nc(NCCC#N)cc(-c2cccnc2)n1. The van der Waals surface area contributed by atoms with Crippen LogP contribution in [0.3, 0.4) is 0 Å². The number of anilines is 1. The number of pyridine rings is 1. The molecule has 2 aromatic heterocycles. The van der Waals surface area contributed by atoms with E-state index in [0.717, 1.165) is 17.1 Å². The summed E-state index contributed by atoms with van der Waals surface area (Å²) in [4.78, 5) is 12.7. The second-order valence-corrected chi connectivity index (χ2v) is 3.76. The highest BCUT2D eigenvalue weighted by Crippen LogP contribution is 2.18. The van der Waals surface area contributed by atoms with Crippen LogP contribution in [0.15, 0.2) is 30.6 Å². The Balaban J connectivity index is 2.25. The van der Waals surface area contributed by atoms with Gasteiger partial charge in [0.1, 0.15) is 11.6 Å². The molecule has 0 unspecified atom stereocenters. The maximum atomic E-state index is 8.50. The van der Waals surface area contributed by atoms with Crippen molar-refractivity contribution in [2.75, 3.05) is 11.9 Å². The largest absolute Gasteiger partial charge is 0.369 e. The van der Waals surface area contributed by atoms with Crippen LogP contribution in [0.1, 0.15) is 12.2 Å². The molecule has 2 aromatic rings. The van der Waals surface area contributed by atoms with Gasteiger partial charge in [0.25, 0.3) is 0 Å². The minimum absolute atomic E-state index is 0.450. The minimum atomic E-state index is 0.450. The highest BCUT2D eigenvalue weighted by Gasteiger charge is 2.04. The van der Waals surface area contributed by atoms with Crippen molar-refractivity contribution in [1.82, 2.24) is 15.0 Å². The Morgan fingerprint density at radius 2 is 2.28 bits per heavy atom. The van der Waals surface area contributed by atoms with Crippen molar-refractivity contribution in [3.8, 4) is 17.3 Å². The summed E-state index contributed by atoms with van der Waals surface area (Å²) in [7, 11) is 0. The maximum Gasteiger partial charge on any atom is 0.130 e. The van der Waals surface area contributed by atoms with Crippen LogP contribution in [0.2, 0.25) is 0 Å². The van der Waals surface area contributed by atoms with Crippen molar-refractivity contribution in [3.63, 3.8) is 0 Å². The lowest BCUT2D eigenvalue weighted by Gasteiger charge is -2.07. The van der Waals surface area contributed by atoms with Gasteiger partial charge in [-0.1, -0.05) is 0 Å². The number of hydrogen-bond acceptors (Lipinski definition) is 5. The van der Waals surface area contributed by atoms with Crippen LogP contribution in [0, 0.1) is 18.3 Å². The Labute approximate surface area is 106 Å². The summed E-state index contributed by atoms with van der Waals surface area (Å²) >= 11 is 0. The van der Waals surface area contributed by atoms with Gasteiger partial charge < -0.3 is 5.32 Å². The fraction of sp³-hybridized carbons (Fsp3) is 0.231. The van der Waals surface area contributed by atoms with Crippen molar-refractivity contribution in [2.24, 2.45) is 0 Å². The average Bonchev–Trinajstić information content (AvgIpc) is 2.39. The van der Waals surface area contributed by atoms with Gasteiger partial charge in [0, 0.05) is 30.6 Å². The third-order valence-corrected chi connectivity index (χ3v) is 2.34. The number of aryl methyl sites for hydroxylation is 1. The lowest BCUT2D eigenvalue weighted by Crippen LogP contribution is -2.04. The first-order valence-electron chi connectivity index (χ1n) is 5.66. The molecule has 0 aliphatic heterocycles. The van der Waals surface area contributed by atoms with Crippen LogP contribution >= 0.6 is 0 Å². The molecule has 2 rings (SSSR count). The quantitative estimate of drug-likeness (QED) is 0.827. The van der Waals surface area contributed by atoms with Crippen LogP contribution < -0.4 is 5.32 Å². The van der Waals surface area contributed by atoms with Gasteiger partial charge in [0.2, 0.25) is 0 Å². The van der Waals surface area contributed by atoms with Gasteiger partial charge >= 0.3 is 0 Å². The maximum absolute atomic E-state index is 8.50. The van der Waals surface area contributed by atoms with Gasteiger partial charge in [-0.05, 0) is 19.1 Å². The van der Waals surface area contributed by atoms with E-state index in [1.807, 2.05) is 25.1 Å². The van der Waals surface area contributed by atoms with E-state index >= 15 is 0 Å². The molecule has 2 heterocycles. The fourth-order valence-electron chi connectivity index (χ4n) is 1.57. The molecule has 0 fully saturated rings. The molecule has 5 heteroatoms. The molecule has 0 amide bonds. The molecular weight excluding hydrogens is 226 g/mol. The smallest absolute Gasteiger partial charge is 0.130 e. The Morgan fingerprint density at radius 1 is 1.39 bits per heavy atom. The van der Waals surface area contributed by atoms with Crippen molar-refractivity contribution in [1.29, 1.82) is 5.26 Å². The van der Waals surface area contributed by atoms with Gasteiger partial charge in [-0.25, -0.2) is 9.97 Å². The number of nitrogens with one attached hydrogen (secondary N) is 1. The zero-order valence-corrected chi connectivity index (χ0v) is 10.1. The summed E-state index contributed by atoms with van der Waals surface area (Å²) in [5.41, 5.74) is 1.78. The first-order valence-corrected chi connectivity index (χ1v) is 5.66. The van der Waals surface area contributed by atoms with Crippen LogP contribution in [0.25, 0.3) is 11.3 Å². The molecule has 18 heavy (non-hydrogen) atoms. The van der Waals surface area contributed by atoms with E-state index < -0.39 is 0 Å². The first-order chi connectivity index (χ1) is 8.79. The molecule has 0 aliphatic carbocycles. The van der Waals surface area contributed by atoms with E-state index in [-0.39, 0.29) is 0 Å². The molecule has 0 aliphatic rings. The van der Waals surface area contributed by atoms with Gasteiger partial charge in [-0.2, -0.15) is 5.26 Å². The Hall–Kier alpha value is -2.48. The molecule has 0 radical (unpaired) electrons. The lowest BCUT2D eigenvalue weighted by atomic mass is 10.2. The number of hydrogen-bond donors (Lipinski definition) is 1. The fourth-order valence-corrected chi connectivity index (χ4v) is 1.57. The van der Waals surface area contributed by atoms with E-state index in [4.69, 9.17) is 5.26 Å². The van der Waals surface area contributed by atoms with Gasteiger partial charge in [0.15, 0.2) is 0 Å². The van der Waals surface area contributed by atoms with Crippen molar-refractivity contribution >= 4 is 5.82 Å². The third kappa shape index (κ3) is 3.01.